The van der Waals surface area contributed by atoms with E-state index < -0.39 is 0 Å². The van der Waals surface area contributed by atoms with Crippen LogP contribution in [-0.4, -0.2) is 23.8 Å². The first-order chi connectivity index (χ1) is 6.31. The maximum atomic E-state index is 7.95. The fourth-order valence-corrected chi connectivity index (χ4v) is 2.31. The average Bonchev–Trinajstić information content (AvgIpc) is 2.87. The highest BCUT2D eigenvalue weighted by Crippen LogP contribution is 2.33. The number of nitrogens with one attached hydrogen (secondary N) is 1. The Bertz CT molecular complexity index is 196. The molecule has 2 aliphatic rings. The molecule has 2 fully saturated rings. The first-order valence-electron chi connectivity index (χ1n) is 5.64. The zero-order chi connectivity index (χ0) is 9.26. The molecule has 0 spiro atoms. The molecule has 74 valence electrons. The van der Waals surface area contributed by atoms with E-state index in [0.29, 0.717) is 5.92 Å². The standard InChI is InChI=1S/C11H20N2/c1-2-3-9-6-7-13(8-9)11(12)10-4-5-10/h9-10,12H,2-8H2,1H3. The Morgan fingerprint density at radius 1 is 1.38 bits per heavy atom. The number of rotatable bonds is 3. The molecule has 2 heteroatoms. The predicted molar refractivity (Wildman–Crippen MR) is 55.0 cm³/mol. The van der Waals surface area contributed by atoms with Gasteiger partial charge in [0.05, 0.1) is 5.84 Å². The third-order valence-electron chi connectivity index (χ3n) is 3.29. The van der Waals surface area contributed by atoms with E-state index in [1.54, 1.807) is 0 Å². The minimum atomic E-state index is 0.639. The summed E-state index contributed by atoms with van der Waals surface area (Å²) in [6.07, 6.45) is 6.52. The van der Waals surface area contributed by atoms with Gasteiger partial charge >= 0.3 is 0 Å². The summed E-state index contributed by atoms with van der Waals surface area (Å²) >= 11 is 0. The molecular weight excluding hydrogens is 160 g/mol. The highest BCUT2D eigenvalue weighted by atomic mass is 15.2. The molecule has 0 amide bonds. The van der Waals surface area contributed by atoms with Gasteiger partial charge < -0.3 is 4.90 Å². The molecule has 1 aliphatic heterocycles. The van der Waals surface area contributed by atoms with Crippen LogP contribution in [0.15, 0.2) is 0 Å². The van der Waals surface area contributed by atoms with Gasteiger partial charge in [-0.05, 0) is 31.6 Å². The van der Waals surface area contributed by atoms with E-state index in [1.807, 2.05) is 0 Å². The number of hydrogen-bond acceptors (Lipinski definition) is 1. The zero-order valence-electron chi connectivity index (χ0n) is 8.55. The fraction of sp³-hybridized carbons (Fsp3) is 0.909. The van der Waals surface area contributed by atoms with Crippen LogP contribution in [0.3, 0.4) is 0 Å². The Labute approximate surface area is 80.8 Å². The van der Waals surface area contributed by atoms with Crippen molar-refractivity contribution in [2.75, 3.05) is 13.1 Å². The van der Waals surface area contributed by atoms with Crippen LogP contribution in [0.25, 0.3) is 0 Å². The molecule has 1 unspecified atom stereocenters. The topological polar surface area (TPSA) is 27.1 Å². The monoisotopic (exact) mass is 180 g/mol. The van der Waals surface area contributed by atoms with Gasteiger partial charge in [-0.1, -0.05) is 13.3 Å². The molecule has 2 rings (SSSR count). The van der Waals surface area contributed by atoms with E-state index in [9.17, 15) is 0 Å². The van der Waals surface area contributed by atoms with E-state index in [-0.39, 0.29) is 0 Å². The van der Waals surface area contributed by atoms with Gasteiger partial charge in [-0.15, -0.1) is 0 Å². The smallest absolute Gasteiger partial charge is 0.0989 e. The SMILES string of the molecule is CCCC1CCN(C(=N)C2CC2)C1. The van der Waals surface area contributed by atoms with Crippen molar-refractivity contribution in [3.8, 4) is 0 Å². The summed E-state index contributed by atoms with van der Waals surface area (Å²) in [5.41, 5.74) is 0. The van der Waals surface area contributed by atoms with Crippen molar-refractivity contribution in [2.24, 2.45) is 11.8 Å². The molecule has 1 atom stereocenters. The van der Waals surface area contributed by atoms with Crippen LogP contribution < -0.4 is 0 Å². The van der Waals surface area contributed by atoms with Crippen LogP contribution in [0.2, 0.25) is 0 Å². The van der Waals surface area contributed by atoms with Gasteiger partial charge in [0.2, 0.25) is 0 Å². The van der Waals surface area contributed by atoms with Gasteiger partial charge in [-0.25, -0.2) is 0 Å². The molecule has 1 saturated heterocycles. The predicted octanol–water partition coefficient (Wildman–Crippen LogP) is 2.50. The Hall–Kier alpha value is -0.530. The van der Waals surface area contributed by atoms with Gasteiger partial charge in [0.25, 0.3) is 0 Å². The van der Waals surface area contributed by atoms with Crippen LogP contribution >= 0.6 is 0 Å². The number of hydrogen-bond donors (Lipinski definition) is 1. The van der Waals surface area contributed by atoms with E-state index >= 15 is 0 Å². The van der Waals surface area contributed by atoms with Gasteiger partial charge in [0, 0.05) is 19.0 Å². The Morgan fingerprint density at radius 2 is 2.15 bits per heavy atom. The molecule has 2 nitrogen and oxygen atoms in total. The second-order valence-electron chi connectivity index (χ2n) is 4.55. The van der Waals surface area contributed by atoms with Gasteiger partial charge in [0.1, 0.15) is 0 Å². The van der Waals surface area contributed by atoms with Gasteiger partial charge in [-0.2, -0.15) is 0 Å². The average molecular weight is 180 g/mol. The van der Waals surface area contributed by atoms with Gasteiger partial charge in [0.15, 0.2) is 0 Å². The van der Waals surface area contributed by atoms with E-state index in [4.69, 9.17) is 5.41 Å². The van der Waals surface area contributed by atoms with Crippen molar-refractivity contribution in [3.05, 3.63) is 0 Å². The molecule has 1 saturated carbocycles. The molecule has 1 heterocycles. The third-order valence-corrected chi connectivity index (χ3v) is 3.29. The number of amidine groups is 1. The van der Waals surface area contributed by atoms with Crippen molar-refractivity contribution < 1.29 is 0 Å². The quantitative estimate of drug-likeness (QED) is 0.524. The summed E-state index contributed by atoms with van der Waals surface area (Å²) in [6, 6.07) is 0. The van der Waals surface area contributed by atoms with Crippen LogP contribution in [0.4, 0.5) is 0 Å². The van der Waals surface area contributed by atoms with Crippen molar-refractivity contribution >= 4 is 5.84 Å². The molecule has 1 N–H and O–H groups in total. The first kappa shape index (κ1) is 9.04. The van der Waals surface area contributed by atoms with E-state index in [2.05, 4.69) is 11.8 Å². The summed E-state index contributed by atoms with van der Waals surface area (Å²) in [4.78, 5) is 2.32. The molecule has 0 radical (unpaired) electrons. The maximum Gasteiger partial charge on any atom is 0.0989 e. The molecule has 0 bridgehead atoms. The van der Waals surface area contributed by atoms with E-state index in [0.717, 1.165) is 18.3 Å². The molecule has 13 heavy (non-hydrogen) atoms. The van der Waals surface area contributed by atoms with Crippen LogP contribution in [-0.2, 0) is 0 Å². The lowest BCUT2D eigenvalue weighted by Gasteiger charge is -2.18. The van der Waals surface area contributed by atoms with Crippen molar-refractivity contribution in [1.82, 2.24) is 4.90 Å². The largest absolute Gasteiger partial charge is 0.360 e. The van der Waals surface area contributed by atoms with Crippen LogP contribution in [0.1, 0.15) is 39.0 Å². The normalized spacial score (nSPS) is 28.1. The molecular formula is C11H20N2. The van der Waals surface area contributed by atoms with Crippen molar-refractivity contribution in [2.45, 2.75) is 39.0 Å². The third kappa shape index (κ3) is 2.04. The summed E-state index contributed by atoms with van der Waals surface area (Å²) in [5, 5.41) is 7.95. The molecule has 0 aromatic heterocycles. The molecule has 0 aromatic rings. The number of nitrogens with zero attached hydrogens (tertiary/aromatic N) is 1. The Morgan fingerprint density at radius 3 is 2.77 bits per heavy atom. The molecule has 0 aromatic carbocycles. The van der Waals surface area contributed by atoms with Crippen LogP contribution in [0.5, 0.6) is 0 Å². The number of likely N-dealkylation sites (tertiary alicyclic amines) is 1. The van der Waals surface area contributed by atoms with Gasteiger partial charge in [-0.3, -0.25) is 5.41 Å². The molecule has 1 aliphatic carbocycles. The highest BCUT2D eigenvalue weighted by molar-refractivity contribution is 5.83. The fourth-order valence-electron chi connectivity index (χ4n) is 2.31. The minimum Gasteiger partial charge on any atom is -0.360 e. The Balaban J connectivity index is 1.79. The van der Waals surface area contributed by atoms with Crippen LogP contribution in [0, 0.1) is 17.2 Å². The lowest BCUT2D eigenvalue weighted by Crippen LogP contribution is -2.29. The summed E-state index contributed by atoms with van der Waals surface area (Å²) in [5.74, 6) is 2.46. The van der Waals surface area contributed by atoms with Crippen molar-refractivity contribution in [3.63, 3.8) is 0 Å². The summed E-state index contributed by atoms with van der Waals surface area (Å²) < 4.78 is 0. The maximum absolute atomic E-state index is 7.95. The van der Waals surface area contributed by atoms with Crippen molar-refractivity contribution in [1.29, 1.82) is 5.41 Å². The Kier molecular flexibility index (Phi) is 2.56. The highest BCUT2D eigenvalue weighted by Gasteiger charge is 2.33. The first-order valence-corrected chi connectivity index (χ1v) is 5.64. The summed E-state index contributed by atoms with van der Waals surface area (Å²) in [6.45, 7) is 4.58. The minimum absolute atomic E-state index is 0.639. The second kappa shape index (κ2) is 3.69. The van der Waals surface area contributed by atoms with E-state index in [1.165, 1.54) is 38.6 Å². The lowest BCUT2D eigenvalue weighted by atomic mass is 10.0. The lowest BCUT2D eigenvalue weighted by molar-refractivity contribution is 0.447. The summed E-state index contributed by atoms with van der Waals surface area (Å²) in [7, 11) is 0. The second-order valence-corrected chi connectivity index (χ2v) is 4.55. The zero-order valence-corrected chi connectivity index (χ0v) is 8.55.